The molecule has 1 N–H and O–H groups in total. The van der Waals surface area contributed by atoms with Crippen molar-refractivity contribution in [2.24, 2.45) is 0 Å². The SMILES string of the molecule is O=C(/C=C/C(=O)N1C/C(=C\c2ccccc2)C(=O)/C(=C/c2ccccc2)C1)Nc1ccccc1. The van der Waals surface area contributed by atoms with Crippen LogP contribution in [0.1, 0.15) is 11.1 Å². The van der Waals surface area contributed by atoms with Crippen LogP contribution in [0.2, 0.25) is 0 Å². The molecule has 168 valence electrons. The lowest BCUT2D eigenvalue weighted by Crippen LogP contribution is -2.41. The Labute approximate surface area is 198 Å². The minimum absolute atomic E-state index is 0.0810. The number of rotatable bonds is 5. The van der Waals surface area contributed by atoms with Crippen LogP contribution >= 0.6 is 0 Å². The Morgan fingerprint density at radius 3 is 1.65 bits per heavy atom. The third kappa shape index (κ3) is 6.04. The Morgan fingerprint density at radius 2 is 1.15 bits per heavy atom. The normalized spacial score (nSPS) is 16.2. The first-order valence-corrected chi connectivity index (χ1v) is 11.0. The lowest BCUT2D eigenvalue weighted by Gasteiger charge is -2.29. The first kappa shape index (κ1) is 22.7. The van der Waals surface area contributed by atoms with E-state index in [9.17, 15) is 14.4 Å². The Morgan fingerprint density at radius 1 is 0.676 bits per heavy atom. The van der Waals surface area contributed by atoms with Gasteiger partial charge in [-0.3, -0.25) is 14.4 Å². The van der Waals surface area contributed by atoms with Gasteiger partial charge in [-0.05, 0) is 35.4 Å². The van der Waals surface area contributed by atoms with E-state index < -0.39 is 5.91 Å². The van der Waals surface area contributed by atoms with Crippen molar-refractivity contribution in [1.82, 2.24) is 4.90 Å². The molecule has 2 amide bonds. The monoisotopic (exact) mass is 448 g/mol. The average Bonchev–Trinajstić information content (AvgIpc) is 2.87. The molecule has 3 aromatic carbocycles. The van der Waals surface area contributed by atoms with Crippen LogP contribution in [0.25, 0.3) is 12.2 Å². The Kier molecular flexibility index (Phi) is 7.25. The molecule has 4 rings (SSSR count). The molecule has 0 bridgehead atoms. The molecule has 1 fully saturated rings. The number of likely N-dealkylation sites (tertiary alicyclic amines) is 1. The van der Waals surface area contributed by atoms with Crippen molar-refractivity contribution < 1.29 is 14.4 Å². The van der Waals surface area contributed by atoms with Gasteiger partial charge in [-0.2, -0.15) is 0 Å². The van der Waals surface area contributed by atoms with E-state index in [4.69, 9.17) is 0 Å². The van der Waals surface area contributed by atoms with Crippen LogP contribution in [0.15, 0.2) is 114 Å². The van der Waals surface area contributed by atoms with E-state index in [1.54, 1.807) is 17.0 Å². The average molecular weight is 449 g/mol. The second-order valence-electron chi connectivity index (χ2n) is 7.87. The summed E-state index contributed by atoms with van der Waals surface area (Å²) in [5.41, 5.74) is 3.47. The molecule has 0 atom stereocenters. The maximum absolute atomic E-state index is 13.2. The highest BCUT2D eigenvalue weighted by molar-refractivity contribution is 6.15. The number of hydrogen-bond acceptors (Lipinski definition) is 3. The zero-order chi connectivity index (χ0) is 23.8. The fraction of sp³-hybridized carbons (Fsp3) is 0.0690. The zero-order valence-corrected chi connectivity index (χ0v) is 18.6. The number of benzene rings is 3. The highest BCUT2D eigenvalue weighted by atomic mass is 16.2. The summed E-state index contributed by atoms with van der Waals surface area (Å²) in [6, 6.07) is 28.1. The molecule has 0 radical (unpaired) electrons. The van der Waals surface area contributed by atoms with Crippen LogP contribution in [-0.4, -0.2) is 35.6 Å². The fourth-order valence-corrected chi connectivity index (χ4v) is 3.65. The van der Waals surface area contributed by atoms with Crippen molar-refractivity contribution in [2.75, 3.05) is 18.4 Å². The Balaban J connectivity index is 1.56. The van der Waals surface area contributed by atoms with E-state index in [1.807, 2.05) is 91.0 Å². The van der Waals surface area contributed by atoms with Gasteiger partial charge in [0.2, 0.25) is 11.8 Å². The van der Waals surface area contributed by atoms with Crippen molar-refractivity contribution in [2.45, 2.75) is 0 Å². The molecule has 5 heteroatoms. The number of piperidine rings is 1. The van der Waals surface area contributed by atoms with Crippen LogP contribution in [0.5, 0.6) is 0 Å². The molecule has 1 heterocycles. The molecule has 0 aliphatic carbocycles. The summed E-state index contributed by atoms with van der Waals surface area (Å²) in [5, 5.41) is 2.72. The predicted molar refractivity (Wildman–Crippen MR) is 135 cm³/mol. The van der Waals surface area contributed by atoms with Crippen molar-refractivity contribution in [3.8, 4) is 0 Å². The minimum Gasteiger partial charge on any atom is -0.330 e. The van der Waals surface area contributed by atoms with E-state index >= 15 is 0 Å². The Bertz CT molecular complexity index is 1200. The number of nitrogens with zero attached hydrogens (tertiary/aromatic N) is 1. The van der Waals surface area contributed by atoms with Gasteiger partial charge in [0, 0.05) is 29.0 Å². The summed E-state index contributed by atoms with van der Waals surface area (Å²) < 4.78 is 0. The second-order valence-corrected chi connectivity index (χ2v) is 7.87. The second kappa shape index (κ2) is 10.9. The van der Waals surface area contributed by atoms with E-state index in [-0.39, 0.29) is 24.8 Å². The number of anilines is 1. The molecular weight excluding hydrogens is 424 g/mol. The molecule has 3 aromatic rings. The standard InChI is InChI=1S/C29H24N2O3/c32-27(30-26-14-8-3-9-15-26)16-17-28(33)31-20-24(18-22-10-4-1-5-11-22)29(34)25(21-31)19-23-12-6-2-7-13-23/h1-19H,20-21H2,(H,30,32)/b17-16+,24-18+,25-19+. The lowest BCUT2D eigenvalue weighted by atomic mass is 9.94. The van der Waals surface area contributed by atoms with Gasteiger partial charge in [0.15, 0.2) is 5.78 Å². The van der Waals surface area contributed by atoms with Crippen LogP contribution in [0.3, 0.4) is 0 Å². The maximum atomic E-state index is 13.2. The quantitative estimate of drug-likeness (QED) is 0.573. The van der Waals surface area contributed by atoms with Crippen LogP contribution in [0, 0.1) is 0 Å². The zero-order valence-electron chi connectivity index (χ0n) is 18.6. The van der Waals surface area contributed by atoms with E-state index in [0.717, 1.165) is 11.1 Å². The molecule has 1 aliphatic rings. The minimum atomic E-state index is -0.396. The van der Waals surface area contributed by atoms with E-state index in [0.29, 0.717) is 16.8 Å². The fourth-order valence-electron chi connectivity index (χ4n) is 3.65. The van der Waals surface area contributed by atoms with Crippen LogP contribution in [-0.2, 0) is 14.4 Å². The number of Topliss-reactive ketones (excluding diaryl/α,β-unsaturated/α-hetero) is 1. The van der Waals surface area contributed by atoms with Gasteiger partial charge in [0.1, 0.15) is 0 Å². The van der Waals surface area contributed by atoms with Gasteiger partial charge in [0.25, 0.3) is 0 Å². The van der Waals surface area contributed by atoms with Crippen LogP contribution in [0.4, 0.5) is 5.69 Å². The molecule has 0 spiro atoms. The first-order valence-electron chi connectivity index (χ1n) is 11.0. The summed E-state index contributed by atoms with van der Waals surface area (Å²) in [5.74, 6) is -0.816. The van der Waals surface area contributed by atoms with Crippen molar-refractivity contribution >= 4 is 35.4 Å². The van der Waals surface area contributed by atoms with Crippen LogP contribution < -0.4 is 5.32 Å². The summed E-state index contributed by atoms with van der Waals surface area (Å²) in [6.45, 7) is 0.340. The summed E-state index contributed by atoms with van der Waals surface area (Å²) in [7, 11) is 0. The largest absolute Gasteiger partial charge is 0.330 e. The third-order valence-electron chi connectivity index (χ3n) is 5.32. The van der Waals surface area contributed by atoms with Crippen molar-refractivity contribution in [3.63, 3.8) is 0 Å². The topological polar surface area (TPSA) is 66.5 Å². The highest BCUT2D eigenvalue weighted by Gasteiger charge is 2.28. The molecular formula is C29H24N2O3. The Hall–Kier alpha value is -4.51. The summed E-state index contributed by atoms with van der Waals surface area (Å²) >= 11 is 0. The number of nitrogens with one attached hydrogen (secondary N) is 1. The summed E-state index contributed by atoms with van der Waals surface area (Å²) in [6.07, 6.45) is 6.08. The molecule has 1 saturated heterocycles. The molecule has 0 unspecified atom stereocenters. The maximum Gasteiger partial charge on any atom is 0.248 e. The van der Waals surface area contributed by atoms with E-state index in [1.165, 1.54) is 12.2 Å². The number of hydrogen-bond donors (Lipinski definition) is 1. The number of para-hydroxylation sites is 1. The third-order valence-corrected chi connectivity index (χ3v) is 5.32. The van der Waals surface area contributed by atoms with Gasteiger partial charge >= 0.3 is 0 Å². The number of carbonyl (C=O) groups excluding carboxylic acids is 3. The highest BCUT2D eigenvalue weighted by Crippen LogP contribution is 2.22. The van der Waals surface area contributed by atoms with Crippen molar-refractivity contribution in [1.29, 1.82) is 0 Å². The van der Waals surface area contributed by atoms with Gasteiger partial charge < -0.3 is 10.2 Å². The summed E-state index contributed by atoms with van der Waals surface area (Å²) in [4.78, 5) is 39.9. The van der Waals surface area contributed by atoms with Gasteiger partial charge in [-0.25, -0.2) is 0 Å². The van der Waals surface area contributed by atoms with E-state index in [2.05, 4.69) is 5.32 Å². The first-order chi connectivity index (χ1) is 16.6. The number of ketones is 1. The predicted octanol–water partition coefficient (Wildman–Crippen LogP) is 4.76. The van der Waals surface area contributed by atoms with Gasteiger partial charge in [-0.1, -0.05) is 78.9 Å². The van der Waals surface area contributed by atoms with Gasteiger partial charge in [0.05, 0.1) is 13.1 Å². The molecule has 1 aliphatic heterocycles. The number of amides is 2. The lowest BCUT2D eigenvalue weighted by molar-refractivity contribution is -0.126. The molecule has 0 aromatic heterocycles. The molecule has 5 nitrogen and oxygen atoms in total. The molecule has 0 saturated carbocycles. The molecule has 34 heavy (non-hydrogen) atoms. The van der Waals surface area contributed by atoms with Gasteiger partial charge in [-0.15, -0.1) is 0 Å². The van der Waals surface area contributed by atoms with Crippen molar-refractivity contribution in [3.05, 3.63) is 125 Å². The smallest absolute Gasteiger partial charge is 0.248 e. The number of carbonyl (C=O) groups is 3.